The van der Waals surface area contributed by atoms with Gasteiger partial charge in [0.25, 0.3) is 0 Å². The molecule has 2 atom stereocenters. The van der Waals surface area contributed by atoms with Crippen LogP contribution in [0.25, 0.3) is 11.1 Å². The van der Waals surface area contributed by atoms with Crippen LogP contribution in [0.5, 0.6) is 0 Å². The standard InChI is InChI=1S/C29H40FN3O3S/c1-8-19-14-17(3)23(15-24(19)30)27(28(31)34)26(22(9-2)18(4)20-10-11-20)21-12-13-25(32-16-21)33-37(35,36)29(5,6)7/h12-16,18,20,22H,8-11H2,1-7H3,(H2,31,34)(H,32,33). The van der Waals surface area contributed by atoms with Crippen molar-refractivity contribution < 1.29 is 17.6 Å². The molecule has 0 radical (unpaired) electrons. The number of pyridine rings is 1. The predicted octanol–water partition coefficient (Wildman–Crippen LogP) is 6.10. The molecule has 202 valence electrons. The van der Waals surface area contributed by atoms with Gasteiger partial charge in [0.05, 0.1) is 10.3 Å². The van der Waals surface area contributed by atoms with Crippen molar-refractivity contribution in [2.24, 2.45) is 23.5 Å². The summed E-state index contributed by atoms with van der Waals surface area (Å²) in [5, 5.41) is 0. The number of hydrogen-bond acceptors (Lipinski definition) is 4. The summed E-state index contributed by atoms with van der Waals surface area (Å²) < 4.78 is 41.7. The number of carbonyl (C=O) groups excluding carboxylic acids is 1. The molecule has 1 saturated carbocycles. The molecule has 1 aliphatic carbocycles. The minimum atomic E-state index is -3.65. The predicted molar refractivity (Wildman–Crippen MR) is 149 cm³/mol. The molecule has 1 heterocycles. The van der Waals surface area contributed by atoms with E-state index in [1.165, 1.54) is 6.07 Å². The number of aryl methyl sites for hydroxylation is 2. The molecule has 3 rings (SSSR count). The van der Waals surface area contributed by atoms with E-state index in [9.17, 15) is 17.6 Å². The fourth-order valence-corrected chi connectivity index (χ4v) is 5.63. The third kappa shape index (κ3) is 6.22. The van der Waals surface area contributed by atoms with E-state index in [0.717, 1.165) is 30.4 Å². The number of aromatic nitrogens is 1. The van der Waals surface area contributed by atoms with Crippen LogP contribution in [0.4, 0.5) is 10.2 Å². The van der Waals surface area contributed by atoms with Crippen LogP contribution >= 0.6 is 0 Å². The van der Waals surface area contributed by atoms with Crippen LogP contribution in [0.1, 0.15) is 83.1 Å². The van der Waals surface area contributed by atoms with Crippen molar-refractivity contribution in [1.29, 1.82) is 0 Å². The van der Waals surface area contributed by atoms with Gasteiger partial charge in [-0.3, -0.25) is 9.52 Å². The average Bonchev–Trinajstić information content (AvgIpc) is 3.65. The van der Waals surface area contributed by atoms with Crippen LogP contribution in [-0.4, -0.2) is 24.1 Å². The average molecular weight is 530 g/mol. The fourth-order valence-electron chi connectivity index (χ4n) is 4.93. The smallest absolute Gasteiger partial charge is 0.249 e. The van der Waals surface area contributed by atoms with Gasteiger partial charge < -0.3 is 5.73 Å². The normalized spacial score (nSPS) is 16.6. The van der Waals surface area contributed by atoms with Crippen LogP contribution in [0.3, 0.4) is 0 Å². The van der Waals surface area contributed by atoms with Crippen LogP contribution in [0, 0.1) is 30.5 Å². The summed E-state index contributed by atoms with van der Waals surface area (Å²) in [7, 11) is -3.65. The summed E-state index contributed by atoms with van der Waals surface area (Å²) in [6, 6.07) is 6.56. The van der Waals surface area contributed by atoms with E-state index in [0.29, 0.717) is 34.6 Å². The second-order valence-corrected chi connectivity index (χ2v) is 13.6. The first-order valence-corrected chi connectivity index (χ1v) is 14.5. The van der Waals surface area contributed by atoms with E-state index in [4.69, 9.17) is 5.73 Å². The highest BCUT2D eigenvalue weighted by Crippen LogP contribution is 2.47. The van der Waals surface area contributed by atoms with Crippen LogP contribution in [-0.2, 0) is 21.2 Å². The Morgan fingerprint density at radius 2 is 1.86 bits per heavy atom. The van der Waals surface area contributed by atoms with Gasteiger partial charge in [-0.05, 0) is 117 Å². The van der Waals surface area contributed by atoms with Crippen molar-refractivity contribution in [2.45, 2.75) is 78.9 Å². The molecule has 0 aliphatic heterocycles. The number of carbonyl (C=O) groups is 1. The van der Waals surface area contributed by atoms with Crippen molar-refractivity contribution >= 4 is 32.9 Å². The number of halogens is 1. The Labute approximate surface area is 221 Å². The summed E-state index contributed by atoms with van der Waals surface area (Å²) in [6.45, 7) is 12.9. The lowest BCUT2D eigenvalue weighted by Crippen LogP contribution is -2.33. The minimum Gasteiger partial charge on any atom is -0.366 e. The van der Waals surface area contributed by atoms with Crippen LogP contribution < -0.4 is 10.5 Å². The van der Waals surface area contributed by atoms with Crippen LogP contribution in [0.15, 0.2) is 30.5 Å². The van der Waals surface area contributed by atoms with Crippen LogP contribution in [0.2, 0.25) is 0 Å². The molecule has 1 aliphatic rings. The molecular formula is C29H40FN3O3S. The number of rotatable bonds is 10. The molecular weight excluding hydrogens is 489 g/mol. The molecule has 1 amide bonds. The van der Waals surface area contributed by atoms with Crippen molar-refractivity contribution in [3.63, 3.8) is 0 Å². The molecule has 1 aromatic heterocycles. The number of amides is 1. The van der Waals surface area contributed by atoms with E-state index in [1.807, 2.05) is 13.8 Å². The summed E-state index contributed by atoms with van der Waals surface area (Å²) >= 11 is 0. The van der Waals surface area contributed by atoms with Gasteiger partial charge in [-0.2, -0.15) is 0 Å². The zero-order valence-corrected chi connectivity index (χ0v) is 23.8. The quantitative estimate of drug-likeness (QED) is 0.363. The number of sulfonamides is 1. The first-order chi connectivity index (χ1) is 17.2. The lowest BCUT2D eigenvalue weighted by Gasteiger charge is -2.29. The number of nitrogens with one attached hydrogen (secondary N) is 1. The van der Waals surface area contributed by atoms with Gasteiger partial charge >= 0.3 is 0 Å². The third-order valence-electron chi connectivity index (χ3n) is 7.49. The van der Waals surface area contributed by atoms with Gasteiger partial charge in [-0.15, -0.1) is 0 Å². The monoisotopic (exact) mass is 529 g/mol. The van der Waals surface area contributed by atoms with E-state index in [-0.39, 0.29) is 23.5 Å². The third-order valence-corrected chi connectivity index (χ3v) is 9.58. The Morgan fingerprint density at radius 3 is 2.32 bits per heavy atom. The molecule has 0 bridgehead atoms. The summed E-state index contributed by atoms with van der Waals surface area (Å²) in [6.07, 6.45) is 5.16. The van der Waals surface area contributed by atoms with Gasteiger partial charge in [-0.1, -0.05) is 26.8 Å². The first-order valence-electron chi connectivity index (χ1n) is 13.0. The molecule has 37 heavy (non-hydrogen) atoms. The van der Waals surface area contributed by atoms with Crippen molar-refractivity contribution in [1.82, 2.24) is 4.98 Å². The fraction of sp³-hybridized carbons (Fsp3) is 0.517. The molecule has 2 unspecified atom stereocenters. The second-order valence-electron chi connectivity index (χ2n) is 11.1. The van der Waals surface area contributed by atoms with Gasteiger partial charge in [0.1, 0.15) is 11.6 Å². The van der Waals surface area contributed by atoms with Crippen molar-refractivity contribution in [3.8, 4) is 0 Å². The Kier molecular flexibility index (Phi) is 8.52. The minimum absolute atomic E-state index is 0.0118. The SMILES string of the molecule is CCc1cc(C)c(C(C(N)=O)=C(c2ccc(NS(=O)(=O)C(C)(C)C)nc2)C(CC)C(C)C2CC2)cc1F. The molecule has 1 fully saturated rings. The number of anilines is 1. The van der Waals surface area contributed by atoms with E-state index >= 15 is 0 Å². The molecule has 3 N–H and O–H groups in total. The highest BCUT2D eigenvalue weighted by molar-refractivity contribution is 7.94. The Hall–Kier alpha value is -2.74. The lowest BCUT2D eigenvalue weighted by atomic mass is 9.75. The molecule has 1 aromatic carbocycles. The topological polar surface area (TPSA) is 102 Å². The number of allylic oxidation sites excluding steroid dienone is 1. The van der Waals surface area contributed by atoms with Gasteiger partial charge in [0.15, 0.2) is 0 Å². The number of benzene rings is 1. The number of hydrogen-bond donors (Lipinski definition) is 2. The summed E-state index contributed by atoms with van der Waals surface area (Å²) in [4.78, 5) is 17.4. The zero-order chi connectivity index (χ0) is 27.7. The van der Waals surface area contributed by atoms with Crippen molar-refractivity contribution in [2.75, 3.05) is 4.72 Å². The molecule has 6 nitrogen and oxygen atoms in total. The van der Waals surface area contributed by atoms with E-state index < -0.39 is 20.7 Å². The second kappa shape index (κ2) is 10.9. The van der Waals surface area contributed by atoms with Crippen molar-refractivity contribution in [3.05, 3.63) is 58.5 Å². The molecule has 0 spiro atoms. The highest BCUT2D eigenvalue weighted by atomic mass is 32.2. The van der Waals surface area contributed by atoms with E-state index in [2.05, 4.69) is 23.6 Å². The molecule has 2 aromatic rings. The Morgan fingerprint density at radius 1 is 1.22 bits per heavy atom. The number of nitrogens with two attached hydrogens (primary N) is 1. The summed E-state index contributed by atoms with van der Waals surface area (Å²) in [5.74, 6) is 0.0302. The largest absolute Gasteiger partial charge is 0.366 e. The Balaban J connectivity index is 2.23. The maximum absolute atomic E-state index is 15.0. The molecule has 8 heteroatoms. The summed E-state index contributed by atoms with van der Waals surface area (Å²) in [5.41, 5.74) is 9.56. The lowest BCUT2D eigenvalue weighted by molar-refractivity contribution is -0.112. The van der Waals surface area contributed by atoms with E-state index in [1.54, 1.807) is 45.2 Å². The maximum atomic E-state index is 15.0. The maximum Gasteiger partial charge on any atom is 0.249 e. The number of primary amides is 1. The number of nitrogens with zero attached hydrogens (tertiary/aromatic N) is 1. The zero-order valence-electron chi connectivity index (χ0n) is 23.0. The van der Waals surface area contributed by atoms with Gasteiger partial charge in [-0.25, -0.2) is 17.8 Å². The van der Waals surface area contributed by atoms with Gasteiger partial charge in [0.2, 0.25) is 15.9 Å². The molecule has 0 saturated heterocycles. The van der Waals surface area contributed by atoms with Gasteiger partial charge in [0, 0.05) is 6.20 Å². The Bertz CT molecular complexity index is 1290. The highest BCUT2D eigenvalue weighted by Gasteiger charge is 2.37. The first kappa shape index (κ1) is 28.8.